The van der Waals surface area contributed by atoms with E-state index >= 15 is 0 Å². The van der Waals surface area contributed by atoms with Gasteiger partial charge in [-0.25, -0.2) is 13.6 Å². The lowest BCUT2D eigenvalue weighted by atomic mass is 10.6. The van der Waals surface area contributed by atoms with E-state index in [1.165, 1.54) is 0 Å². The van der Waals surface area contributed by atoms with E-state index in [0.717, 1.165) is 11.3 Å². The summed E-state index contributed by atoms with van der Waals surface area (Å²) in [4.78, 5) is 0. The zero-order valence-corrected chi connectivity index (χ0v) is 9.25. The highest BCUT2D eigenvalue weighted by atomic mass is 35.5. The van der Waals surface area contributed by atoms with Crippen LogP contribution in [0.15, 0.2) is 4.21 Å². The molecule has 1 heterocycles. The first-order valence-electron chi connectivity index (χ1n) is 2.50. The van der Waals surface area contributed by atoms with Crippen LogP contribution in [-0.4, -0.2) is 8.42 Å². The molecule has 0 amide bonds. The minimum Gasteiger partial charge on any atom is -0.224 e. The Hall–Kier alpha value is 0.480. The smallest absolute Gasteiger partial charge is 0.224 e. The van der Waals surface area contributed by atoms with Crippen LogP contribution in [0.5, 0.6) is 0 Å². The van der Waals surface area contributed by atoms with E-state index in [2.05, 4.69) is 0 Å². The molecule has 1 rings (SSSR count). The van der Waals surface area contributed by atoms with Crippen molar-refractivity contribution in [3.05, 3.63) is 14.4 Å². The highest BCUT2D eigenvalue weighted by Gasteiger charge is 2.21. The molecule has 1 aromatic rings. The van der Waals surface area contributed by atoms with Gasteiger partial charge in [-0.1, -0.05) is 34.8 Å². The second-order valence-electron chi connectivity index (χ2n) is 1.84. The Morgan fingerprint density at radius 3 is 1.83 bits per heavy atom. The summed E-state index contributed by atoms with van der Waals surface area (Å²) in [6.45, 7) is 0. The Balaban J connectivity index is 3.48. The molecule has 0 unspecified atom stereocenters. The summed E-state index contributed by atoms with van der Waals surface area (Å²) >= 11 is 17.3. The second kappa shape index (κ2) is 3.32. The van der Waals surface area contributed by atoms with E-state index in [1.54, 1.807) is 0 Å². The average molecular weight is 267 g/mol. The Labute approximate surface area is 88.1 Å². The molecule has 68 valence electrons. The molecule has 0 aromatic carbocycles. The van der Waals surface area contributed by atoms with Gasteiger partial charge in [0.25, 0.3) is 0 Å². The van der Waals surface area contributed by atoms with Crippen LogP contribution in [0.1, 0.15) is 0 Å². The largest absolute Gasteiger partial charge is 0.249 e. The van der Waals surface area contributed by atoms with Crippen LogP contribution in [0, 0.1) is 0 Å². The lowest BCUT2D eigenvalue weighted by Gasteiger charge is -1.91. The zero-order chi connectivity index (χ0) is 9.52. The van der Waals surface area contributed by atoms with Crippen LogP contribution in [-0.2, 0) is 10.0 Å². The number of rotatable bonds is 1. The molecule has 0 saturated carbocycles. The number of nitrogens with two attached hydrogens (primary N) is 1. The van der Waals surface area contributed by atoms with Gasteiger partial charge in [0.2, 0.25) is 10.0 Å². The van der Waals surface area contributed by atoms with E-state index in [9.17, 15) is 8.42 Å². The summed E-state index contributed by atoms with van der Waals surface area (Å²) in [5.41, 5.74) is 0. The molecule has 2 N–H and O–H groups in total. The molecule has 0 aliphatic rings. The summed E-state index contributed by atoms with van der Waals surface area (Å²) in [6, 6.07) is 0. The maximum Gasteiger partial charge on any atom is 0.249 e. The third-order valence-corrected chi connectivity index (χ3v) is 5.13. The molecule has 3 nitrogen and oxygen atoms in total. The SMILES string of the molecule is NS(=O)(=O)c1sc(Cl)c(Cl)c1Cl. The number of halogens is 3. The fourth-order valence-electron chi connectivity index (χ4n) is 0.530. The minimum absolute atomic E-state index is 0.0207. The Bertz CT molecular complexity index is 410. The van der Waals surface area contributed by atoms with Crippen molar-refractivity contribution < 1.29 is 8.42 Å². The highest BCUT2D eigenvalue weighted by Crippen LogP contribution is 2.42. The molecule has 0 saturated heterocycles. The first-order chi connectivity index (χ1) is 5.34. The van der Waals surface area contributed by atoms with Gasteiger partial charge in [0.1, 0.15) is 4.34 Å². The number of primary sulfonamides is 1. The predicted octanol–water partition coefficient (Wildman–Crippen LogP) is 2.36. The van der Waals surface area contributed by atoms with Crippen molar-refractivity contribution in [3.8, 4) is 0 Å². The molecule has 0 bridgehead atoms. The first kappa shape index (κ1) is 10.6. The molecule has 1 aromatic heterocycles. The Kier molecular flexibility index (Phi) is 2.92. The quantitative estimate of drug-likeness (QED) is 0.848. The van der Waals surface area contributed by atoms with Crippen molar-refractivity contribution >= 4 is 56.2 Å². The fraction of sp³-hybridized carbons (Fsp3) is 0. The van der Waals surface area contributed by atoms with Crippen molar-refractivity contribution in [1.82, 2.24) is 0 Å². The number of sulfonamides is 1. The lowest BCUT2D eigenvalue weighted by molar-refractivity contribution is 0.600. The predicted molar refractivity (Wildman–Crippen MR) is 50.7 cm³/mol. The van der Waals surface area contributed by atoms with Gasteiger partial charge < -0.3 is 0 Å². The van der Waals surface area contributed by atoms with E-state index in [-0.39, 0.29) is 18.6 Å². The molecule has 8 heteroatoms. The van der Waals surface area contributed by atoms with Gasteiger partial charge in [-0.3, -0.25) is 0 Å². The highest BCUT2D eigenvalue weighted by molar-refractivity contribution is 7.91. The molecule has 0 spiro atoms. The lowest BCUT2D eigenvalue weighted by Crippen LogP contribution is -2.10. The average Bonchev–Trinajstić information content (AvgIpc) is 2.15. The van der Waals surface area contributed by atoms with Crippen molar-refractivity contribution in [2.75, 3.05) is 0 Å². The summed E-state index contributed by atoms with van der Waals surface area (Å²) in [7, 11) is -3.82. The summed E-state index contributed by atoms with van der Waals surface area (Å²) < 4.78 is 21.5. The van der Waals surface area contributed by atoms with Gasteiger partial charge in [0.05, 0.1) is 10.0 Å². The summed E-state index contributed by atoms with van der Waals surface area (Å²) in [5.74, 6) is 0. The molecule has 0 fully saturated rings. The van der Waals surface area contributed by atoms with Crippen molar-refractivity contribution in [2.45, 2.75) is 4.21 Å². The van der Waals surface area contributed by atoms with Crippen LogP contribution in [0.25, 0.3) is 0 Å². The summed E-state index contributed by atoms with van der Waals surface area (Å²) in [5, 5.41) is 4.72. The van der Waals surface area contributed by atoms with E-state index < -0.39 is 10.0 Å². The fourth-order valence-corrected chi connectivity index (χ4v) is 3.57. The maximum atomic E-state index is 10.8. The van der Waals surface area contributed by atoms with Crippen LogP contribution in [0.4, 0.5) is 0 Å². The normalized spacial score (nSPS) is 12.0. The van der Waals surface area contributed by atoms with Crippen molar-refractivity contribution in [2.24, 2.45) is 5.14 Å². The molecule has 0 aliphatic heterocycles. The van der Waals surface area contributed by atoms with Gasteiger partial charge >= 0.3 is 0 Å². The van der Waals surface area contributed by atoms with Crippen LogP contribution in [0.2, 0.25) is 14.4 Å². The van der Waals surface area contributed by atoms with Crippen LogP contribution in [0.3, 0.4) is 0 Å². The van der Waals surface area contributed by atoms with E-state index in [1.807, 2.05) is 0 Å². The minimum atomic E-state index is -3.82. The molecule has 0 aliphatic carbocycles. The van der Waals surface area contributed by atoms with Gasteiger partial charge in [-0.15, -0.1) is 11.3 Å². The third-order valence-electron chi connectivity index (χ3n) is 0.985. The van der Waals surface area contributed by atoms with E-state index in [4.69, 9.17) is 39.9 Å². The van der Waals surface area contributed by atoms with Crippen LogP contribution < -0.4 is 5.14 Å². The van der Waals surface area contributed by atoms with Gasteiger partial charge in [-0.05, 0) is 0 Å². The number of thiophene rings is 1. The van der Waals surface area contributed by atoms with Crippen molar-refractivity contribution in [3.63, 3.8) is 0 Å². The first-order valence-corrected chi connectivity index (χ1v) is 6.00. The monoisotopic (exact) mass is 265 g/mol. The standard InChI is InChI=1S/C4H2Cl3NO2S2/c5-1-2(6)4(11-3(1)7)12(8,9)10/h(H2,8,9,10). The third kappa shape index (κ3) is 1.86. The molecular formula is C4H2Cl3NO2S2. The van der Waals surface area contributed by atoms with Crippen molar-refractivity contribution in [1.29, 1.82) is 0 Å². The summed E-state index contributed by atoms with van der Waals surface area (Å²) in [6.07, 6.45) is 0. The number of hydrogen-bond acceptors (Lipinski definition) is 3. The maximum absolute atomic E-state index is 10.8. The Morgan fingerprint density at radius 2 is 1.67 bits per heavy atom. The topological polar surface area (TPSA) is 60.2 Å². The number of hydrogen-bond donors (Lipinski definition) is 1. The molecule has 12 heavy (non-hydrogen) atoms. The molecule has 0 radical (unpaired) electrons. The van der Waals surface area contributed by atoms with Gasteiger partial charge in [0.15, 0.2) is 4.21 Å². The van der Waals surface area contributed by atoms with Gasteiger partial charge in [-0.2, -0.15) is 0 Å². The van der Waals surface area contributed by atoms with Gasteiger partial charge in [0, 0.05) is 0 Å². The second-order valence-corrected chi connectivity index (χ2v) is 5.97. The molecule has 0 atom stereocenters. The van der Waals surface area contributed by atoms with E-state index in [0.29, 0.717) is 0 Å². The Morgan fingerprint density at radius 1 is 1.17 bits per heavy atom. The van der Waals surface area contributed by atoms with Crippen LogP contribution >= 0.6 is 46.1 Å². The zero-order valence-electron chi connectivity index (χ0n) is 5.34. The molecular weight excluding hydrogens is 265 g/mol.